The van der Waals surface area contributed by atoms with Gasteiger partial charge in [0, 0.05) is 44.5 Å². The number of ether oxygens (including phenoxy) is 1. The first-order valence-corrected chi connectivity index (χ1v) is 9.15. The minimum absolute atomic E-state index is 0.113. The van der Waals surface area contributed by atoms with Gasteiger partial charge in [0.25, 0.3) is 11.8 Å². The Morgan fingerprint density at radius 3 is 2.68 bits per heavy atom. The number of likely N-dealkylation sites (tertiary alicyclic amines) is 1. The lowest BCUT2D eigenvalue weighted by Crippen LogP contribution is -2.41. The summed E-state index contributed by atoms with van der Waals surface area (Å²) in [4.78, 5) is 45.5. The predicted molar refractivity (Wildman–Crippen MR) is 101 cm³/mol. The lowest BCUT2D eigenvalue weighted by atomic mass is 9.96. The van der Waals surface area contributed by atoms with Crippen LogP contribution in [0.2, 0.25) is 0 Å². The molecule has 0 radical (unpaired) electrons. The summed E-state index contributed by atoms with van der Waals surface area (Å²) in [6.07, 6.45) is 6.12. The highest BCUT2D eigenvalue weighted by Gasteiger charge is 2.24. The van der Waals surface area contributed by atoms with Crippen molar-refractivity contribution in [3.63, 3.8) is 0 Å². The maximum absolute atomic E-state index is 12.4. The smallest absolute Gasteiger partial charge is 0.308 e. The summed E-state index contributed by atoms with van der Waals surface area (Å²) in [5.41, 5.74) is 0.788. The zero-order valence-corrected chi connectivity index (χ0v) is 15.6. The number of esters is 1. The average molecular weight is 382 g/mol. The molecule has 0 spiro atoms. The highest BCUT2D eigenvalue weighted by atomic mass is 16.5. The molecule has 3 rings (SSSR count). The van der Waals surface area contributed by atoms with Gasteiger partial charge in [-0.1, -0.05) is 6.07 Å². The van der Waals surface area contributed by atoms with E-state index in [0.717, 1.165) is 12.8 Å². The molecule has 0 unspecified atom stereocenters. The maximum Gasteiger partial charge on any atom is 0.308 e. The molecule has 1 saturated heterocycles. The lowest BCUT2D eigenvalue weighted by Gasteiger charge is -2.31. The van der Waals surface area contributed by atoms with Gasteiger partial charge in [0.2, 0.25) is 0 Å². The Morgan fingerprint density at radius 2 is 2.00 bits per heavy atom. The third-order valence-electron chi connectivity index (χ3n) is 4.59. The van der Waals surface area contributed by atoms with Gasteiger partial charge in [-0.2, -0.15) is 0 Å². The molecule has 2 aromatic rings. The van der Waals surface area contributed by atoms with E-state index in [1.165, 1.54) is 25.5 Å². The molecule has 1 aliphatic heterocycles. The van der Waals surface area contributed by atoms with Crippen molar-refractivity contribution < 1.29 is 19.1 Å². The van der Waals surface area contributed by atoms with E-state index >= 15 is 0 Å². The van der Waals surface area contributed by atoms with E-state index in [-0.39, 0.29) is 11.8 Å². The summed E-state index contributed by atoms with van der Waals surface area (Å²) in [7, 11) is 0. The molecule has 1 fully saturated rings. The summed E-state index contributed by atoms with van der Waals surface area (Å²) in [6.45, 7) is 3.09. The zero-order chi connectivity index (χ0) is 19.9. The van der Waals surface area contributed by atoms with Gasteiger partial charge in [-0.15, -0.1) is 0 Å². The van der Waals surface area contributed by atoms with Crippen molar-refractivity contribution in [2.75, 3.05) is 19.6 Å². The number of carbonyl (C=O) groups excluding carboxylic acids is 3. The quantitative estimate of drug-likeness (QED) is 0.624. The Kier molecular flexibility index (Phi) is 6.31. The van der Waals surface area contributed by atoms with Crippen LogP contribution in [0.5, 0.6) is 5.75 Å². The third-order valence-corrected chi connectivity index (χ3v) is 4.59. The number of carbonyl (C=O) groups is 3. The van der Waals surface area contributed by atoms with Crippen molar-refractivity contribution >= 4 is 17.8 Å². The van der Waals surface area contributed by atoms with Crippen LogP contribution < -0.4 is 10.1 Å². The van der Waals surface area contributed by atoms with Crippen molar-refractivity contribution in [3.05, 3.63) is 54.1 Å². The minimum Gasteiger partial charge on any atom is -0.427 e. The van der Waals surface area contributed by atoms with E-state index in [2.05, 4.69) is 15.3 Å². The molecule has 2 amide bonds. The SMILES string of the molecule is CC(=O)Oc1cccc(C(=O)NCC2CCN(C(=O)c3cnccn3)CC2)c1. The molecule has 1 N–H and O–H groups in total. The molecule has 0 aliphatic carbocycles. The second-order valence-electron chi connectivity index (χ2n) is 6.66. The number of hydrogen-bond acceptors (Lipinski definition) is 6. The average Bonchev–Trinajstić information content (AvgIpc) is 2.72. The van der Waals surface area contributed by atoms with Gasteiger partial charge in [0.15, 0.2) is 0 Å². The number of piperidine rings is 1. The Morgan fingerprint density at radius 1 is 1.21 bits per heavy atom. The van der Waals surface area contributed by atoms with E-state index in [0.29, 0.717) is 42.6 Å². The Hall–Kier alpha value is -3.29. The summed E-state index contributed by atoms with van der Waals surface area (Å²) in [6, 6.07) is 6.51. The highest BCUT2D eigenvalue weighted by molar-refractivity contribution is 5.94. The van der Waals surface area contributed by atoms with Crippen LogP contribution in [0.3, 0.4) is 0 Å². The van der Waals surface area contributed by atoms with E-state index in [9.17, 15) is 14.4 Å². The van der Waals surface area contributed by atoms with Gasteiger partial charge in [-0.3, -0.25) is 19.4 Å². The molecular formula is C20H22N4O4. The minimum atomic E-state index is -0.430. The van der Waals surface area contributed by atoms with Gasteiger partial charge in [-0.25, -0.2) is 4.98 Å². The zero-order valence-electron chi connectivity index (χ0n) is 15.6. The molecule has 0 atom stereocenters. The summed E-state index contributed by atoms with van der Waals surface area (Å²) < 4.78 is 5.00. The van der Waals surface area contributed by atoms with E-state index in [4.69, 9.17) is 4.74 Å². The topological polar surface area (TPSA) is 101 Å². The number of hydrogen-bond donors (Lipinski definition) is 1. The predicted octanol–water partition coefficient (Wildman–Crippen LogP) is 1.68. The van der Waals surface area contributed by atoms with Crippen LogP contribution in [-0.2, 0) is 4.79 Å². The van der Waals surface area contributed by atoms with Crippen LogP contribution in [0.15, 0.2) is 42.9 Å². The van der Waals surface area contributed by atoms with E-state index in [1.54, 1.807) is 29.2 Å². The Labute approximate surface area is 162 Å². The standard InChI is InChI=1S/C20H22N4O4/c1-14(25)28-17-4-2-3-16(11-17)19(26)23-12-15-5-9-24(10-6-15)20(27)18-13-21-7-8-22-18/h2-4,7-8,11,13,15H,5-6,9-10,12H2,1H3,(H,23,26). The van der Waals surface area contributed by atoms with Crippen molar-refractivity contribution in [2.24, 2.45) is 5.92 Å². The first kappa shape index (κ1) is 19.5. The lowest BCUT2D eigenvalue weighted by molar-refractivity contribution is -0.131. The van der Waals surface area contributed by atoms with Gasteiger partial charge in [0.1, 0.15) is 11.4 Å². The summed E-state index contributed by atoms with van der Waals surface area (Å²) in [5, 5.41) is 2.92. The molecule has 1 aliphatic rings. The van der Waals surface area contributed by atoms with Crippen molar-refractivity contribution in [3.8, 4) is 5.75 Å². The van der Waals surface area contributed by atoms with Crippen molar-refractivity contribution in [2.45, 2.75) is 19.8 Å². The van der Waals surface area contributed by atoms with Gasteiger partial charge >= 0.3 is 5.97 Å². The van der Waals surface area contributed by atoms with Crippen LogP contribution in [0.25, 0.3) is 0 Å². The number of benzene rings is 1. The molecular weight excluding hydrogens is 360 g/mol. The van der Waals surface area contributed by atoms with Crippen LogP contribution in [0, 0.1) is 5.92 Å². The molecule has 28 heavy (non-hydrogen) atoms. The van der Waals surface area contributed by atoms with Gasteiger partial charge in [0.05, 0.1) is 6.20 Å². The first-order chi connectivity index (χ1) is 13.5. The third kappa shape index (κ3) is 5.12. The van der Waals surface area contributed by atoms with Gasteiger partial charge in [-0.05, 0) is 37.0 Å². The molecule has 8 nitrogen and oxygen atoms in total. The molecule has 1 aromatic carbocycles. The van der Waals surface area contributed by atoms with Crippen LogP contribution in [0.1, 0.15) is 40.6 Å². The maximum atomic E-state index is 12.4. The van der Waals surface area contributed by atoms with Crippen LogP contribution >= 0.6 is 0 Å². The number of amides is 2. The molecule has 1 aromatic heterocycles. The molecule has 146 valence electrons. The highest BCUT2D eigenvalue weighted by Crippen LogP contribution is 2.18. The Balaban J connectivity index is 1.47. The second kappa shape index (κ2) is 9.07. The number of nitrogens with one attached hydrogen (secondary N) is 1. The number of aromatic nitrogens is 2. The molecule has 8 heteroatoms. The van der Waals surface area contributed by atoms with Crippen molar-refractivity contribution in [1.82, 2.24) is 20.2 Å². The van der Waals surface area contributed by atoms with Gasteiger partial charge < -0.3 is 15.0 Å². The van der Waals surface area contributed by atoms with Crippen LogP contribution in [-0.4, -0.2) is 52.3 Å². The Bertz CT molecular complexity index is 848. The second-order valence-corrected chi connectivity index (χ2v) is 6.66. The number of nitrogens with zero attached hydrogens (tertiary/aromatic N) is 3. The normalized spacial score (nSPS) is 14.4. The monoisotopic (exact) mass is 382 g/mol. The largest absolute Gasteiger partial charge is 0.427 e. The van der Waals surface area contributed by atoms with Crippen LogP contribution in [0.4, 0.5) is 0 Å². The summed E-state index contributed by atoms with van der Waals surface area (Å²) >= 11 is 0. The molecule has 2 heterocycles. The van der Waals surface area contributed by atoms with Crippen molar-refractivity contribution in [1.29, 1.82) is 0 Å². The fraction of sp³-hybridized carbons (Fsp3) is 0.350. The fourth-order valence-corrected chi connectivity index (χ4v) is 3.12. The molecule has 0 saturated carbocycles. The fourth-order valence-electron chi connectivity index (χ4n) is 3.12. The molecule has 0 bridgehead atoms. The first-order valence-electron chi connectivity index (χ1n) is 9.15. The number of rotatable bonds is 5. The van der Waals surface area contributed by atoms with E-state index in [1.807, 2.05) is 0 Å². The van der Waals surface area contributed by atoms with E-state index < -0.39 is 5.97 Å². The summed E-state index contributed by atoms with van der Waals surface area (Å²) in [5.74, 6) is -0.118.